The maximum absolute atomic E-state index is 15.2. The maximum Gasteiger partial charge on any atom is 0.325 e. The van der Waals surface area contributed by atoms with Crippen molar-refractivity contribution in [2.75, 3.05) is 25.0 Å². The Balaban J connectivity index is 1.32. The zero-order chi connectivity index (χ0) is 26.4. The third-order valence-corrected chi connectivity index (χ3v) is 7.33. The van der Waals surface area contributed by atoms with E-state index in [2.05, 4.69) is 21.4 Å². The van der Waals surface area contributed by atoms with Crippen LogP contribution >= 0.6 is 0 Å². The van der Waals surface area contributed by atoms with Crippen LogP contribution in [-0.2, 0) is 29.0 Å². The summed E-state index contributed by atoms with van der Waals surface area (Å²) >= 11 is 0. The molecule has 0 spiro atoms. The van der Waals surface area contributed by atoms with Crippen LogP contribution in [0, 0.1) is 5.92 Å². The molecule has 2 N–H and O–H groups in total. The molecule has 0 aliphatic carbocycles. The SMILES string of the molecule is CC(C)OCc1ncccc1C(C(=O)O)N1CC[C@@H](C(F)(F)CCCCc2ccc3c(n2)NCCC3)C1. The largest absolute Gasteiger partial charge is 0.480 e. The molecular formula is C28H38F2N4O3. The standard InChI is InChI=1S/C28H38F2N4O3/c1-19(2)37-18-24-23(9-6-14-31-24)25(27(35)36)34-16-12-21(17-34)28(29,30)13-4-3-8-22-11-10-20-7-5-15-32-26(20)33-22/h6,9-11,14,19,21,25H,3-5,7-8,12-13,15-18H2,1-2H3,(H,32,33)(H,35,36)/t21-,25?/m1/s1. The lowest BCUT2D eigenvalue weighted by atomic mass is 9.95. The number of pyridine rings is 2. The molecule has 2 aromatic heterocycles. The van der Waals surface area contributed by atoms with E-state index in [1.807, 2.05) is 19.9 Å². The molecule has 0 aromatic carbocycles. The van der Waals surface area contributed by atoms with Crippen molar-refractivity contribution in [1.82, 2.24) is 14.9 Å². The van der Waals surface area contributed by atoms with Gasteiger partial charge in [-0.05, 0) is 76.6 Å². The van der Waals surface area contributed by atoms with Crippen LogP contribution in [0.5, 0.6) is 0 Å². The predicted octanol–water partition coefficient (Wildman–Crippen LogP) is 5.26. The Morgan fingerprint density at radius 1 is 1.30 bits per heavy atom. The van der Waals surface area contributed by atoms with Gasteiger partial charge in [0.1, 0.15) is 11.9 Å². The molecule has 0 bridgehead atoms. The Bertz CT molecular complexity index is 1070. The highest BCUT2D eigenvalue weighted by Gasteiger charge is 2.45. The van der Waals surface area contributed by atoms with Crippen molar-refractivity contribution in [2.24, 2.45) is 5.92 Å². The van der Waals surface area contributed by atoms with E-state index < -0.39 is 23.9 Å². The Kier molecular flexibility index (Phi) is 9.08. The number of anilines is 1. The quantitative estimate of drug-likeness (QED) is 0.372. The summed E-state index contributed by atoms with van der Waals surface area (Å²) < 4.78 is 36.0. The smallest absolute Gasteiger partial charge is 0.325 e. The highest BCUT2D eigenvalue weighted by atomic mass is 19.3. The number of hydrogen-bond donors (Lipinski definition) is 2. The lowest BCUT2D eigenvalue weighted by Crippen LogP contribution is -2.36. The van der Waals surface area contributed by atoms with Crippen LogP contribution in [0.2, 0.25) is 0 Å². The number of nitrogens with one attached hydrogen (secondary N) is 1. The molecule has 2 aliphatic heterocycles. The van der Waals surface area contributed by atoms with Crippen LogP contribution < -0.4 is 5.32 Å². The number of fused-ring (bicyclic) bond motifs is 1. The van der Waals surface area contributed by atoms with Gasteiger partial charge in [0.2, 0.25) is 0 Å². The average molecular weight is 517 g/mol. The number of carbonyl (C=O) groups is 1. The van der Waals surface area contributed by atoms with Crippen molar-refractivity contribution in [1.29, 1.82) is 0 Å². The number of hydrogen-bond acceptors (Lipinski definition) is 6. The van der Waals surface area contributed by atoms with Gasteiger partial charge < -0.3 is 15.2 Å². The first-order chi connectivity index (χ1) is 17.7. The van der Waals surface area contributed by atoms with E-state index in [9.17, 15) is 9.90 Å². The molecule has 1 fully saturated rings. The first-order valence-electron chi connectivity index (χ1n) is 13.4. The lowest BCUT2D eigenvalue weighted by Gasteiger charge is -2.28. The second-order valence-corrected chi connectivity index (χ2v) is 10.4. The number of nitrogens with zero attached hydrogens (tertiary/aromatic N) is 3. The summed E-state index contributed by atoms with van der Waals surface area (Å²) in [6.07, 6.45) is 5.47. The van der Waals surface area contributed by atoms with E-state index in [0.29, 0.717) is 37.1 Å². The summed E-state index contributed by atoms with van der Waals surface area (Å²) in [6.45, 7) is 5.24. The number of carboxylic acid groups (broad SMARTS) is 1. The molecule has 202 valence electrons. The Morgan fingerprint density at radius 2 is 2.14 bits per heavy atom. The van der Waals surface area contributed by atoms with E-state index in [1.54, 1.807) is 23.2 Å². The van der Waals surface area contributed by atoms with E-state index >= 15 is 8.78 Å². The van der Waals surface area contributed by atoms with Gasteiger partial charge in [0.05, 0.1) is 18.4 Å². The van der Waals surface area contributed by atoms with Gasteiger partial charge in [-0.1, -0.05) is 12.1 Å². The third kappa shape index (κ3) is 7.02. The van der Waals surface area contributed by atoms with Crippen molar-refractivity contribution < 1.29 is 23.4 Å². The number of ether oxygens (including phenoxy) is 1. The Labute approximate surface area is 217 Å². The van der Waals surface area contributed by atoms with Gasteiger partial charge in [0, 0.05) is 42.9 Å². The second-order valence-electron chi connectivity index (χ2n) is 10.4. The number of unbranched alkanes of at least 4 members (excludes halogenated alkanes) is 1. The number of carboxylic acids is 1. The van der Waals surface area contributed by atoms with Gasteiger partial charge in [-0.25, -0.2) is 13.8 Å². The molecule has 37 heavy (non-hydrogen) atoms. The Hall–Kier alpha value is -2.65. The molecule has 4 rings (SSSR count). The number of aromatic nitrogens is 2. The normalized spacial score (nSPS) is 19.0. The summed E-state index contributed by atoms with van der Waals surface area (Å²) in [5.74, 6) is -3.84. The van der Waals surface area contributed by atoms with Gasteiger partial charge >= 0.3 is 5.97 Å². The fourth-order valence-electron chi connectivity index (χ4n) is 5.30. The summed E-state index contributed by atoms with van der Waals surface area (Å²) in [6, 6.07) is 6.46. The minimum Gasteiger partial charge on any atom is -0.480 e. The highest BCUT2D eigenvalue weighted by Crippen LogP contribution is 2.39. The van der Waals surface area contributed by atoms with E-state index in [-0.39, 0.29) is 32.1 Å². The zero-order valence-electron chi connectivity index (χ0n) is 21.8. The summed E-state index contributed by atoms with van der Waals surface area (Å²) in [5.41, 5.74) is 3.19. The van der Waals surface area contributed by atoms with Gasteiger partial charge in [0.25, 0.3) is 5.92 Å². The molecule has 9 heteroatoms. The van der Waals surface area contributed by atoms with E-state index in [1.165, 1.54) is 5.56 Å². The summed E-state index contributed by atoms with van der Waals surface area (Å²) in [5, 5.41) is 13.3. The zero-order valence-corrected chi connectivity index (χ0v) is 21.8. The molecule has 4 heterocycles. The van der Waals surface area contributed by atoms with Gasteiger partial charge in [-0.2, -0.15) is 0 Å². The van der Waals surface area contributed by atoms with Crippen LogP contribution in [0.15, 0.2) is 30.5 Å². The van der Waals surface area contributed by atoms with E-state index in [0.717, 1.165) is 30.9 Å². The summed E-state index contributed by atoms with van der Waals surface area (Å²) in [7, 11) is 0. The second kappa shape index (κ2) is 12.3. The first kappa shape index (κ1) is 27.4. The number of aliphatic carboxylic acids is 1. The average Bonchev–Trinajstić information content (AvgIpc) is 3.36. The molecular weight excluding hydrogens is 478 g/mol. The minimum atomic E-state index is -2.85. The summed E-state index contributed by atoms with van der Waals surface area (Å²) in [4.78, 5) is 22.9. The fraction of sp³-hybridized carbons (Fsp3) is 0.607. The first-order valence-corrected chi connectivity index (χ1v) is 13.4. The van der Waals surface area contributed by atoms with Gasteiger partial charge in [-0.15, -0.1) is 0 Å². The fourth-order valence-corrected chi connectivity index (χ4v) is 5.30. The van der Waals surface area contributed by atoms with Crippen molar-refractivity contribution >= 4 is 11.8 Å². The number of rotatable bonds is 12. The van der Waals surface area contributed by atoms with Crippen LogP contribution in [0.25, 0.3) is 0 Å². The highest BCUT2D eigenvalue weighted by molar-refractivity contribution is 5.76. The maximum atomic E-state index is 15.2. The molecule has 7 nitrogen and oxygen atoms in total. The lowest BCUT2D eigenvalue weighted by molar-refractivity contribution is -0.143. The van der Waals surface area contributed by atoms with Crippen molar-refractivity contribution in [3.63, 3.8) is 0 Å². The monoisotopic (exact) mass is 516 g/mol. The van der Waals surface area contributed by atoms with Crippen molar-refractivity contribution in [3.8, 4) is 0 Å². The molecule has 2 aliphatic rings. The molecule has 0 radical (unpaired) electrons. The molecule has 2 aromatic rings. The van der Waals surface area contributed by atoms with Crippen molar-refractivity contribution in [2.45, 2.75) is 83.5 Å². The molecule has 0 amide bonds. The number of aryl methyl sites for hydroxylation is 2. The van der Waals surface area contributed by atoms with Crippen LogP contribution in [0.4, 0.5) is 14.6 Å². The molecule has 2 atom stereocenters. The van der Waals surface area contributed by atoms with E-state index in [4.69, 9.17) is 4.74 Å². The van der Waals surface area contributed by atoms with Crippen molar-refractivity contribution in [3.05, 3.63) is 53.0 Å². The van der Waals surface area contributed by atoms with Crippen LogP contribution in [0.3, 0.4) is 0 Å². The van der Waals surface area contributed by atoms with Crippen LogP contribution in [-0.4, -0.2) is 57.6 Å². The topological polar surface area (TPSA) is 87.6 Å². The molecule has 1 unspecified atom stereocenters. The predicted molar refractivity (Wildman–Crippen MR) is 138 cm³/mol. The number of halogens is 2. The number of likely N-dealkylation sites (tertiary alicyclic amines) is 1. The van der Waals surface area contributed by atoms with Gasteiger partial charge in [0.15, 0.2) is 0 Å². The third-order valence-electron chi connectivity index (χ3n) is 7.33. The molecule has 0 saturated carbocycles. The number of alkyl halides is 2. The molecule has 1 saturated heterocycles. The van der Waals surface area contributed by atoms with Gasteiger partial charge in [-0.3, -0.25) is 14.7 Å². The minimum absolute atomic E-state index is 0.0346. The Morgan fingerprint density at radius 3 is 2.92 bits per heavy atom. The van der Waals surface area contributed by atoms with Crippen LogP contribution in [0.1, 0.15) is 74.5 Å².